The van der Waals surface area contributed by atoms with Crippen molar-refractivity contribution in [3.05, 3.63) is 95.6 Å². The van der Waals surface area contributed by atoms with E-state index in [1.54, 1.807) is 10.7 Å². The molecule has 1 fully saturated rings. The van der Waals surface area contributed by atoms with E-state index in [0.29, 0.717) is 35.9 Å². The Morgan fingerprint density at radius 2 is 1.74 bits per heavy atom. The third kappa shape index (κ3) is 8.48. The monoisotopic (exact) mass is 603 g/mol. The number of amides is 1. The van der Waals surface area contributed by atoms with E-state index in [1.807, 2.05) is 72.8 Å². The number of para-hydroxylation sites is 1. The molecule has 12 heteroatoms. The van der Waals surface area contributed by atoms with Gasteiger partial charge in [-0.25, -0.2) is 0 Å². The Kier molecular flexibility index (Phi) is 10.5. The molecule has 2 heterocycles. The standard InChI is InChI=1S/C31H33N5O6S/c37-19-21-13-15-22(16-14-21)27-18-26(20-43-31-33-34-35-36(31)25-9-2-1-3-10-25)41-30(42-27)23-7-6-8-24(17-23)32-28(38)11-4-5-12-29(39)40/h1-3,6-10,13-17,26-27,30,37H,4-5,11-12,18-20H2,(H,32,38)(H,39,40)/t26-,27+,30+/m0/s1. The van der Waals surface area contributed by atoms with Crippen molar-refractivity contribution in [1.82, 2.24) is 20.2 Å². The first-order valence-corrected chi connectivity index (χ1v) is 15.1. The van der Waals surface area contributed by atoms with Gasteiger partial charge in [0.25, 0.3) is 0 Å². The van der Waals surface area contributed by atoms with E-state index in [2.05, 4.69) is 20.8 Å². The molecule has 224 valence electrons. The molecule has 1 aliphatic rings. The molecule has 1 aromatic heterocycles. The van der Waals surface area contributed by atoms with E-state index >= 15 is 0 Å². The van der Waals surface area contributed by atoms with Crippen molar-refractivity contribution in [2.24, 2.45) is 0 Å². The summed E-state index contributed by atoms with van der Waals surface area (Å²) in [5, 5.41) is 34.0. The highest BCUT2D eigenvalue weighted by atomic mass is 32.2. The minimum absolute atomic E-state index is 0.0367. The molecule has 0 spiro atoms. The SMILES string of the molecule is O=C(O)CCCCC(=O)Nc1cccc([C@@H]2O[C@H](CSc3nnnn3-c3ccccc3)C[C@H](c3ccc(CO)cc3)O2)c1. The number of carboxylic acids is 1. The van der Waals surface area contributed by atoms with E-state index < -0.39 is 12.3 Å². The molecule has 43 heavy (non-hydrogen) atoms. The summed E-state index contributed by atoms with van der Waals surface area (Å²) in [5.74, 6) is -0.472. The van der Waals surface area contributed by atoms with Crippen LogP contribution in [0.2, 0.25) is 0 Å². The molecule has 3 N–H and O–H groups in total. The number of benzene rings is 3. The molecule has 0 aliphatic carbocycles. The maximum absolute atomic E-state index is 12.5. The van der Waals surface area contributed by atoms with Crippen LogP contribution in [-0.2, 0) is 25.7 Å². The third-order valence-corrected chi connectivity index (χ3v) is 7.99. The lowest BCUT2D eigenvalue weighted by molar-refractivity contribution is -0.245. The summed E-state index contributed by atoms with van der Waals surface area (Å²) in [6.45, 7) is -0.0367. The van der Waals surface area contributed by atoms with Crippen LogP contribution in [0.4, 0.5) is 5.69 Å². The van der Waals surface area contributed by atoms with Crippen LogP contribution in [0.25, 0.3) is 5.69 Å². The number of anilines is 1. The molecular formula is C31H33N5O6S. The summed E-state index contributed by atoms with van der Waals surface area (Å²) in [6, 6.07) is 24.7. The van der Waals surface area contributed by atoms with Crippen molar-refractivity contribution < 1.29 is 29.3 Å². The van der Waals surface area contributed by atoms with Gasteiger partial charge in [0.15, 0.2) is 6.29 Å². The number of ether oxygens (including phenoxy) is 2. The normalized spacial score (nSPS) is 18.3. The minimum atomic E-state index is -0.866. The lowest BCUT2D eigenvalue weighted by atomic mass is 10.0. The fourth-order valence-electron chi connectivity index (χ4n) is 4.74. The third-order valence-electron chi connectivity index (χ3n) is 6.94. The van der Waals surface area contributed by atoms with Gasteiger partial charge in [-0.3, -0.25) is 9.59 Å². The van der Waals surface area contributed by atoms with Gasteiger partial charge in [-0.05, 0) is 58.7 Å². The van der Waals surface area contributed by atoms with Gasteiger partial charge in [0.1, 0.15) is 0 Å². The van der Waals surface area contributed by atoms with Crippen LogP contribution in [0, 0.1) is 0 Å². The molecule has 0 radical (unpaired) electrons. The summed E-state index contributed by atoms with van der Waals surface area (Å²) < 4.78 is 14.6. The Balaban J connectivity index is 1.30. The van der Waals surface area contributed by atoms with Gasteiger partial charge in [-0.1, -0.05) is 66.4 Å². The number of nitrogens with zero attached hydrogens (tertiary/aromatic N) is 4. The van der Waals surface area contributed by atoms with Gasteiger partial charge in [-0.15, -0.1) is 5.10 Å². The predicted octanol–water partition coefficient (Wildman–Crippen LogP) is 5.08. The first-order chi connectivity index (χ1) is 21.0. The Morgan fingerprint density at radius 1 is 0.953 bits per heavy atom. The van der Waals surface area contributed by atoms with Crippen LogP contribution in [0.3, 0.4) is 0 Å². The number of nitrogens with one attached hydrogen (secondary N) is 1. The molecule has 11 nitrogen and oxygen atoms in total. The second-order valence-electron chi connectivity index (χ2n) is 10.1. The molecule has 1 saturated heterocycles. The van der Waals surface area contributed by atoms with Crippen LogP contribution in [0.5, 0.6) is 0 Å². The number of aliphatic carboxylic acids is 1. The number of aliphatic hydroxyl groups excluding tert-OH is 1. The molecule has 4 aromatic rings. The summed E-state index contributed by atoms with van der Waals surface area (Å²) in [7, 11) is 0. The Bertz CT molecular complexity index is 1500. The van der Waals surface area contributed by atoms with Crippen molar-refractivity contribution in [2.45, 2.75) is 62.4 Å². The zero-order valence-electron chi connectivity index (χ0n) is 23.4. The highest BCUT2D eigenvalue weighted by Gasteiger charge is 2.33. The fourth-order valence-corrected chi connectivity index (χ4v) is 5.65. The summed E-state index contributed by atoms with van der Waals surface area (Å²) in [5.41, 5.74) is 4.02. The summed E-state index contributed by atoms with van der Waals surface area (Å²) in [6.07, 6.45) is 0.654. The maximum atomic E-state index is 12.5. The molecule has 0 saturated carbocycles. The number of aliphatic hydroxyl groups is 1. The number of carbonyl (C=O) groups excluding carboxylic acids is 1. The quantitative estimate of drug-likeness (QED) is 0.140. The van der Waals surface area contributed by atoms with E-state index in [0.717, 1.165) is 22.4 Å². The average molecular weight is 604 g/mol. The number of thioether (sulfide) groups is 1. The van der Waals surface area contributed by atoms with E-state index in [1.165, 1.54) is 11.8 Å². The molecule has 5 rings (SSSR count). The van der Waals surface area contributed by atoms with E-state index in [4.69, 9.17) is 14.6 Å². The lowest BCUT2D eigenvalue weighted by Crippen LogP contribution is -2.31. The topological polar surface area (TPSA) is 149 Å². The second kappa shape index (κ2) is 14.9. The smallest absolute Gasteiger partial charge is 0.303 e. The average Bonchev–Trinajstić information content (AvgIpc) is 3.51. The Labute approximate surface area is 253 Å². The van der Waals surface area contributed by atoms with Crippen molar-refractivity contribution in [2.75, 3.05) is 11.1 Å². The zero-order valence-corrected chi connectivity index (χ0v) is 24.2. The largest absolute Gasteiger partial charge is 0.481 e. The van der Waals surface area contributed by atoms with E-state index in [9.17, 15) is 14.7 Å². The molecule has 1 amide bonds. The predicted molar refractivity (Wildman–Crippen MR) is 159 cm³/mol. The highest BCUT2D eigenvalue weighted by Crippen LogP contribution is 2.40. The Hall–Kier alpha value is -4.10. The number of rotatable bonds is 13. The molecular weight excluding hydrogens is 570 g/mol. The van der Waals surface area contributed by atoms with Gasteiger partial charge >= 0.3 is 5.97 Å². The summed E-state index contributed by atoms with van der Waals surface area (Å²) >= 11 is 1.50. The Morgan fingerprint density at radius 3 is 2.51 bits per heavy atom. The maximum Gasteiger partial charge on any atom is 0.303 e. The van der Waals surface area contributed by atoms with Crippen molar-refractivity contribution in [3.63, 3.8) is 0 Å². The number of carboxylic acid groups (broad SMARTS) is 1. The first kappa shape index (κ1) is 30.4. The summed E-state index contributed by atoms with van der Waals surface area (Å²) in [4.78, 5) is 23.2. The minimum Gasteiger partial charge on any atom is -0.481 e. The van der Waals surface area contributed by atoms with Gasteiger partial charge in [-0.2, -0.15) is 4.68 Å². The highest BCUT2D eigenvalue weighted by molar-refractivity contribution is 7.99. The molecule has 1 aliphatic heterocycles. The van der Waals surface area contributed by atoms with Crippen LogP contribution < -0.4 is 5.32 Å². The molecule has 3 aromatic carbocycles. The van der Waals surface area contributed by atoms with Gasteiger partial charge in [0, 0.05) is 36.3 Å². The fraction of sp³-hybridized carbons (Fsp3) is 0.323. The van der Waals surface area contributed by atoms with Crippen LogP contribution in [0.1, 0.15) is 61.2 Å². The number of unbranched alkanes of at least 4 members (excludes halogenated alkanes) is 1. The van der Waals surface area contributed by atoms with Crippen molar-refractivity contribution in [3.8, 4) is 5.69 Å². The number of aromatic nitrogens is 4. The van der Waals surface area contributed by atoms with Crippen molar-refractivity contribution >= 4 is 29.3 Å². The number of hydrogen-bond donors (Lipinski definition) is 3. The number of tetrazole rings is 1. The molecule has 3 atom stereocenters. The van der Waals surface area contributed by atoms with E-state index in [-0.39, 0.29) is 37.6 Å². The zero-order chi connectivity index (χ0) is 30.0. The second-order valence-corrected chi connectivity index (χ2v) is 11.1. The first-order valence-electron chi connectivity index (χ1n) is 14.1. The number of carbonyl (C=O) groups is 2. The number of hydrogen-bond acceptors (Lipinski definition) is 9. The molecule has 0 bridgehead atoms. The molecule has 0 unspecified atom stereocenters. The lowest BCUT2D eigenvalue weighted by Gasteiger charge is -2.36. The van der Waals surface area contributed by atoms with Crippen LogP contribution in [0.15, 0.2) is 84.0 Å². The van der Waals surface area contributed by atoms with Gasteiger partial charge < -0.3 is 25.0 Å². The van der Waals surface area contributed by atoms with Crippen LogP contribution >= 0.6 is 11.8 Å². The van der Waals surface area contributed by atoms with Crippen molar-refractivity contribution in [1.29, 1.82) is 0 Å². The van der Waals surface area contributed by atoms with Gasteiger partial charge in [0.05, 0.1) is 24.5 Å². The van der Waals surface area contributed by atoms with Crippen LogP contribution in [-0.4, -0.2) is 54.2 Å². The van der Waals surface area contributed by atoms with Gasteiger partial charge in [0.2, 0.25) is 11.1 Å².